The number of carboxylic acids is 3. The van der Waals surface area contributed by atoms with E-state index >= 15 is 0 Å². The number of nitrogens with zero attached hydrogens (tertiary/aromatic N) is 2. The Bertz CT molecular complexity index is 437. The van der Waals surface area contributed by atoms with Gasteiger partial charge in [0.15, 0.2) is 0 Å². The number of carboxylic acid groups (broad SMARTS) is 3. The topological polar surface area (TPSA) is 165 Å². The summed E-state index contributed by atoms with van der Waals surface area (Å²) in [6, 6.07) is 0. The molecule has 138 valence electrons. The summed E-state index contributed by atoms with van der Waals surface area (Å²) in [4.78, 5) is 46.1. The van der Waals surface area contributed by atoms with Gasteiger partial charge in [0.05, 0.1) is 32.3 Å². The fourth-order valence-electron chi connectivity index (χ4n) is 1.73. The molecule has 0 aliphatic heterocycles. The Morgan fingerprint density at radius 2 is 1.21 bits per heavy atom. The van der Waals surface area contributed by atoms with Gasteiger partial charge in [-0.3, -0.25) is 29.0 Å². The van der Waals surface area contributed by atoms with Crippen LogP contribution < -0.4 is 0 Å². The van der Waals surface area contributed by atoms with Crippen molar-refractivity contribution in [3.05, 3.63) is 0 Å². The second-order valence-electron chi connectivity index (χ2n) is 5.13. The summed E-state index contributed by atoms with van der Waals surface area (Å²) in [6.07, 6.45) is -0.858. The molecular weight excluding hydrogens is 328 g/mol. The zero-order valence-electron chi connectivity index (χ0n) is 13.3. The number of aliphatic hydroxyl groups is 1. The Hall–Kier alpha value is -2.24. The number of ether oxygens (including phenoxy) is 1. The van der Waals surface area contributed by atoms with Crippen LogP contribution in [0.3, 0.4) is 0 Å². The molecule has 0 aromatic heterocycles. The molecule has 0 fully saturated rings. The number of aliphatic hydroxyl groups excluding tert-OH is 1. The smallest absolute Gasteiger partial charge is 0.320 e. The Morgan fingerprint density at radius 1 is 0.833 bits per heavy atom. The molecule has 11 heteroatoms. The summed E-state index contributed by atoms with van der Waals surface area (Å²) in [7, 11) is 0. The van der Waals surface area contributed by atoms with Crippen molar-refractivity contribution in [1.82, 2.24) is 9.80 Å². The third kappa shape index (κ3) is 12.3. The lowest BCUT2D eigenvalue weighted by molar-refractivity contribution is -0.150. The van der Waals surface area contributed by atoms with Crippen LogP contribution in [0.5, 0.6) is 0 Å². The van der Waals surface area contributed by atoms with E-state index in [4.69, 9.17) is 25.2 Å². The molecule has 0 aromatic rings. The Balaban J connectivity index is 4.62. The van der Waals surface area contributed by atoms with Gasteiger partial charge in [-0.1, -0.05) is 0 Å². The fraction of sp³-hybridized carbons (Fsp3) is 0.692. The highest BCUT2D eigenvalue weighted by Gasteiger charge is 2.19. The van der Waals surface area contributed by atoms with Gasteiger partial charge in [-0.15, -0.1) is 0 Å². The van der Waals surface area contributed by atoms with E-state index in [1.165, 1.54) is 11.8 Å². The number of aliphatic carboxylic acids is 3. The summed E-state index contributed by atoms with van der Waals surface area (Å²) in [5, 5.41) is 35.3. The minimum absolute atomic E-state index is 0.0450. The Labute approximate surface area is 138 Å². The summed E-state index contributed by atoms with van der Waals surface area (Å²) in [5.74, 6) is -4.41. The molecule has 1 atom stereocenters. The lowest BCUT2D eigenvalue weighted by Crippen LogP contribution is -2.43. The van der Waals surface area contributed by atoms with Crippen molar-refractivity contribution in [1.29, 1.82) is 0 Å². The van der Waals surface area contributed by atoms with E-state index < -0.39 is 49.6 Å². The lowest BCUT2D eigenvalue weighted by Gasteiger charge is -2.24. The molecule has 1 unspecified atom stereocenters. The number of hydrogen-bond donors (Lipinski definition) is 4. The molecule has 0 rings (SSSR count). The first-order valence-corrected chi connectivity index (χ1v) is 7.04. The van der Waals surface area contributed by atoms with Gasteiger partial charge in [0.25, 0.3) is 0 Å². The predicted octanol–water partition coefficient (Wildman–Crippen LogP) is -2.23. The number of rotatable bonds is 13. The number of carbonyl (C=O) groups is 4. The van der Waals surface area contributed by atoms with Gasteiger partial charge in [-0.25, -0.2) is 0 Å². The highest BCUT2D eigenvalue weighted by atomic mass is 16.5. The minimum Gasteiger partial charge on any atom is -0.480 e. The highest BCUT2D eigenvalue weighted by Crippen LogP contribution is 1.96. The molecule has 4 N–H and O–H groups in total. The molecule has 0 bridgehead atoms. The van der Waals surface area contributed by atoms with Crippen LogP contribution in [0.15, 0.2) is 0 Å². The summed E-state index contributed by atoms with van der Waals surface area (Å²) < 4.78 is 4.73. The highest BCUT2D eigenvalue weighted by molar-refractivity contribution is 5.74. The van der Waals surface area contributed by atoms with Gasteiger partial charge < -0.3 is 25.2 Å². The fourth-order valence-corrected chi connectivity index (χ4v) is 1.73. The molecule has 11 nitrogen and oxygen atoms in total. The van der Waals surface area contributed by atoms with E-state index in [-0.39, 0.29) is 26.2 Å². The third-order valence-electron chi connectivity index (χ3n) is 2.65. The molecular formula is C13H22N2O9. The van der Waals surface area contributed by atoms with Crippen molar-refractivity contribution in [3.63, 3.8) is 0 Å². The molecule has 0 amide bonds. The van der Waals surface area contributed by atoms with E-state index in [0.29, 0.717) is 0 Å². The van der Waals surface area contributed by atoms with Crippen LogP contribution in [0, 0.1) is 0 Å². The van der Waals surface area contributed by atoms with Crippen molar-refractivity contribution in [3.8, 4) is 0 Å². The normalized spacial score (nSPS) is 12.2. The second-order valence-corrected chi connectivity index (χ2v) is 5.13. The molecule has 0 spiro atoms. The van der Waals surface area contributed by atoms with Gasteiger partial charge >= 0.3 is 23.9 Å². The van der Waals surface area contributed by atoms with Crippen molar-refractivity contribution in [2.75, 3.05) is 45.9 Å². The van der Waals surface area contributed by atoms with E-state index in [0.717, 1.165) is 4.90 Å². The van der Waals surface area contributed by atoms with Crippen LogP contribution in [-0.2, 0) is 23.9 Å². The maximum atomic E-state index is 11.6. The van der Waals surface area contributed by atoms with Crippen LogP contribution >= 0.6 is 0 Å². The van der Waals surface area contributed by atoms with Gasteiger partial charge in [-0.05, 0) is 6.92 Å². The van der Waals surface area contributed by atoms with Crippen molar-refractivity contribution >= 4 is 23.9 Å². The maximum absolute atomic E-state index is 11.6. The molecule has 0 saturated heterocycles. The monoisotopic (exact) mass is 350 g/mol. The van der Waals surface area contributed by atoms with Crippen LogP contribution in [0.4, 0.5) is 0 Å². The van der Waals surface area contributed by atoms with Crippen LogP contribution in [0.2, 0.25) is 0 Å². The van der Waals surface area contributed by atoms with Crippen molar-refractivity contribution in [2.24, 2.45) is 0 Å². The summed E-state index contributed by atoms with van der Waals surface area (Å²) in [6.45, 7) is -0.863. The maximum Gasteiger partial charge on any atom is 0.320 e. The van der Waals surface area contributed by atoms with Gasteiger partial charge in [-0.2, -0.15) is 0 Å². The average Bonchev–Trinajstić information content (AvgIpc) is 2.40. The largest absolute Gasteiger partial charge is 0.480 e. The van der Waals surface area contributed by atoms with E-state index in [1.807, 2.05) is 0 Å². The molecule has 0 aromatic carbocycles. The molecule has 0 aliphatic carbocycles. The van der Waals surface area contributed by atoms with Crippen molar-refractivity contribution < 1.29 is 44.3 Å². The number of hydrogen-bond acceptors (Lipinski definition) is 8. The molecule has 0 radical (unpaired) electrons. The SMILES string of the molecule is CC(O)COC(=O)CN(CCN(CC(=O)O)CC(=O)O)CC(=O)O. The molecule has 0 saturated carbocycles. The first kappa shape index (κ1) is 21.8. The lowest BCUT2D eigenvalue weighted by atomic mass is 10.4. The van der Waals surface area contributed by atoms with Crippen molar-refractivity contribution in [2.45, 2.75) is 13.0 Å². The summed E-state index contributed by atoms with van der Waals surface area (Å²) in [5.41, 5.74) is 0. The zero-order valence-corrected chi connectivity index (χ0v) is 13.3. The van der Waals surface area contributed by atoms with E-state index in [1.54, 1.807) is 0 Å². The van der Waals surface area contributed by atoms with Crippen LogP contribution in [0.1, 0.15) is 6.92 Å². The summed E-state index contributed by atoms with van der Waals surface area (Å²) >= 11 is 0. The van der Waals surface area contributed by atoms with Gasteiger partial charge in [0, 0.05) is 13.1 Å². The minimum atomic E-state index is -1.22. The van der Waals surface area contributed by atoms with Gasteiger partial charge in [0.1, 0.15) is 6.61 Å². The average molecular weight is 350 g/mol. The van der Waals surface area contributed by atoms with E-state index in [2.05, 4.69) is 0 Å². The van der Waals surface area contributed by atoms with Crippen LogP contribution in [-0.4, -0.2) is 106 Å². The van der Waals surface area contributed by atoms with Crippen LogP contribution in [0.25, 0.3) is 0 Å². The predicted molar refractivity (Wildman–Crippen MR) is 78.4 cm³/mol. The number of esters is 1. The molecule has 0 heterocycles. The first-order valence-electron chi connectivity index (χ1n) is 7.04. The zero-order chi connectivity index (χ0) is 18.7. The molecule has 0 aliphatic rings. The Morgan fingerprint density at radius 3 is 1.54 bits per heavy atom. The van der Waals surface area contributed by atoms with Gasteiger partial charge in [0.2, 0.25) is 0 Å². The first-order chi connectivity index (χ1) is 11.1. The van der Waals surface area contributed by atoms with E-state index in [9.17, 15) is 19.2 Å². The number of carbonyl (C=O) groups excluding carboxylic acids is 1. The Kier molecular flexibility index (Phi) is 10.3. The third-order valence-corrected chi connectivity index (χ3v) is 2.65. The quantitative estimate of drug-likeness (QED) is 0.265. The standard InChI is InChI=1S/C13H22N2O9/c1-9(16)8-24-13(23)7-15(6-12(21)22)3-2-14(4-10(17)18)5-11(19)20/h9,16H,2-8H2,1H3,(H,17,18)(H,19,20)(H,21,22). The molecule has 24 heavy (non-hydrogen) atoms. The second kappa shape index (κ2) is 11.3.